The first-order valence-corrected chi connectivity index (χ1v) is 11.8. The molecule has 0 bridgehead atoms. The molecule has 31 heavy (non-hydrogen) atoms. The van der Waals surface area contributed by atoms with Crippen LogP contribution in [0.5, 0.6) is 0 Å². The fourth-order valence-corrected chi connectivity index (χ4v) is 4.50. The number of sulfonamides is 1. The molecule has 1 N–H and O–H groups in total. The Morgan fingerprint density at radius 2 is 1.65 bits per heavy atom. The van der Waals surface area contributed by atoms with Crippen molar-refractivity contribution in [2.24, 2.45) is 0 Å². The molecule has 1 aromatic carbocycles. The van der Waals surface area contributed by atoms with Crippen molar-refractivity contribution in [1.82, 2.24) is 19.0 Å². The highest BCUT2D eigenvalue weighted by molar-refractivity contribution is 7.89. The molecule has 172 valence electrons. The van der Waals surface area contributed by atoms with Gasteiger partial charge in [-0.1, -0.05) is 6.07 Å². The minimum absolute atomic E-state index is 0.116. The monoisotopic (exact) mass is 453 g/mol. The molecular weight excluding hydrogens is 422 g/mol. The molecule has 0 saturated carbocycles. The fourth-order valence-electron chi connectivity index (χ4n) is 3.55. The molecule has 0 aliphatic carbocycles. The lowest BCUT2D eigenvalue weighted by Gasteiger charge is -2.36. The summed E-state index contributed by atoms with van der Waals surface area (Å²) in [6, 6.07) is 6.22. The second-order valence-electron chi connectivity index (χ2n) is 7.91. The van der Waals surface area contributed by atoms with Crippen LogP contribution in [-0.2, 0) is 24.3 Å². The number of nitrogens with one attached hydrogen (secondary N) is 1. The van der Waals surface area contributed by atoms with Gasteiger partial charge in [-0.2, -0.15) is 0 Å². The van der Waals surface area contributed by atoms with Gasteiger partial charge in [0.15, 0.2) is 0 Å². The Labute approximate surface area is 183 Å². The van der Waals surface area contributed by atoms with Gasteiger partial charge in [0, 0.05) is 59.1 Å². The molecule has 0 radical (unpaired) electrons. The van der Waals surface area contributed by atoms with E-state index in [0.717, 1.165) is 17.4 Å². The van der Waals surface area contributed by atoms with Gasteiger partial charge in [0.05, 0.1) is 31.2 Å². The van der Waals surface area contributed by atoms with Crippen molar-refractivity contribution in [3.8, 4) is 0 Å². The number of rotatable bonds is 7. The number of benzene rings is 1. The standard InChI is InChI=1S/C20H31N5O5S/c1-22(2)31(28,29)18-5-3-4-17(14-18)21-19(26)15-23-6-8-25(9-7-23)20(27)16-24-10-12-30-13-11-24/h3-5,14H,6-13,15-16H2,1-2H3,(H,21,26). The lowest BCUT2D eigenvalue weighted by Crippen LogP contribution is -2.53. The average molecular weight is 454 g/mol. The summed E-state index contributed by atoms with van der Waals surface area (Å²) in [7, 11) is -0.635. The Kier molecular flexibility index (Phi) is 8.00. The van der Waals surface area contributed by atoms with Gasteiger partial charge in [0.2, 0.25) is 21.8 Å². The van der Waals surface area contributed by atoms with E-state index in [1.807, 2.05) is 9.80 Å². The summed E-state index contributed by atoms with van der Waals surface area (Å²) in [5, 5.41) is 2.77. The zero-order valence-electron chi connectivity index (χ0n) is 18.1. The molecule has 0 spiro atoms. The molecule has 3 rings (SSSR count). The van der Waals surface area contributed by atoms with Gasteiger partial charge in [-0.15, -0.1) is 0 Å². The van der Waals surface area contributed by atoms with Crippen LogP contribution in [0.3, 0.4) is 0 Å². The third-order valence-electron chi connectivity index (χ3n) is 5.45. The second-order valence-corrected chi connectivity index (χ2v) is 10.1. The van der Waals surface area contributed by atoms with Crippen LogP contribution in [0.15, 0.2) is 29.2 Å². The maximum atomic E-state index is 12.5. The zero-order chi connectivity index (χ0) is 22.4. The number of morpholine rings is 1. The zero-order valence-corrected chi connectivity index (χ0v) is 18.9. The molecule has 11 heteroatoms. The summed E-state index contributed by atoms with van der Waals surface area (Å²) in [5.74, 6) is -0.0996. The van der Waals surface area contributed by atoms with Crippen LogP contribution in [-0.4, -0.2) is 119 Å². The number of piperazine rings is 1. The summed E-state index contributed by atoms with van der Waals surface area (Å²) in [4.78, 5) is 31.0. The molecule has 2 heterocycles. The Morgan fingerprint density at radius 1 is 1.00 bits per heavy atom. The van der Waals surface area contributed by atoms with Gasteiger partial charge in [0.25, 0.3) is 0 Å². The summed E-state index contributed by atoms with van der Waals surface area (Å²) >= 11 is 0. The molecule has 2 aliphatic rings. The van der Waals surface area contributed by atoms with E-state index in [1.54, 1.807) is 12.1 Å². The summed E-state index contributed by atoms with van der Waals surface area (Å²) < 4.78 is 31.0. The van der Waals surface area contributed by atoms with E-state index in [0.29, 0.717) is 51.6 Å². The number of carbonyl (C=O) groups excluding carboxylic acids is 2. The number of hydrogen-bond acceptors (Lipinski definition) is 7. The molecule has 0 aromatic heterocycles. The normalized spacial score (nSPS) is 18.9. The molecule has 2 aliphatic heterocycles. The van der Waals surface area contributed by atoms with Crippen LogP contribution >= 0.6 is 0 Å². The number of nitrogens with zero attached hydrogens (tertiary/aromatic N) is 4. The van der Waals surface area contributed by atoms with E-state index in [2.05, 4.69) is 10.2 Å². The van der Waals surface area contributed by atoms with E-state index < -0.39 is 10.0 Å². The Balaban J connectivity index is 1.45. The lowest BCUT2D eigenvalue weighted by atomic mass is 10.2. The first kappa shape index (κ1) is 23.6. The smallest absolute Gasteiger partial charge is 0.242 e. The van der Waals surface area contributed by atoms with Crippen LogP contribution in [0.1, 0.15) is 0 Å². The first-order chi connectivity index (χ1) is 14.8. The number of hydrogen-bond donors (Lipinski definition) is 1. The van der Waals surface area contributed by atoms with Gasteiger partial charge in [0.1, 0.15) is 0 Å². The van der Waals surface area contributed by atoms with E-state index in [1.165, 1.54) is 26.2 Å². The highest BCUT2D eigenvalue weighted by atomic mass is 32.2. The predicted molar refractivity (Wildman–Crippen MR) is 116 cm³/mol. The molecule has 10 nitrogen and oxygen atoms in total. The Bertz CT molecular complexity index is 878. The van der Waals surface area contributed by atoms with E-state index in [-0.39, 0.29) is 23.3 Å². The van der Waals surface area contributed by atoms with Crippen molar-refractivity contribution < 1.29 is 22.7 Å². The maximum absolute atomic E-state index is 12.5. The fraction of sp³-hybridized carbons (Fsp3) is 0.600. The van der Waals surface area contributed by atoms with Crippen LogP contribution in [0, 0.1) is 0 Å². The summed E-state index contributed by atoms with van der Waals surface area (Å²) in [6.07, 6.45) is 0. The van der Waals surface area contributed by atoms with E-state index in [4.69, 9.17) is 4.74 Å². The topological polar surface area (TPSA) is 102 Å². The van der Waals surface area contributed by atoms with Gasteiger partial charge in [-0.25, -0.2) is 12.7 Å². The first-order valence-electron chi connectivity index (χ1n) is 10.4. The van der Waals surface area contributed by atoms with Crippen molar-refractivity contribution in [1.29, 1.82) is 0 Å². The van der Waals surface area contributed by atoms with E-state index >= 15 is 0 Å². The van der Waals surface area contributed by atoms with Crippen LogP contribution in [0.4, 0.5) is 5.69 Å². The van der Waals surface area contributed by atoms with Gasteiger partial charge < -0.3 is 15.0 Å². The predicted octanol–water partition coefficient (Wildman–Crippen LogP) is -0.648. The second kappa shape index (κ2) is 10.5. The third-order valence-corrected chi connectivity index (χ3v) is 7.26. The number of anilines is 1. The minimum Gasteiger partial charge on any atom is -0.379 e. The van der Waals surface area contributed by atoms with E-state index in [9.17, 15) is 18.0 Å². The number of carbonyl (C=O) groups is 2. The SMILES string of the molecule is CN(C)S(=O)(=O)c1cccc(NC(=O)CN2CCN(C(=O)CN3CCOCC3)CC2)c1. The lowest BCUT2D eigenvalue weighted by molar-refractivity contribution is -0.135. The highest BCUT2D eigenvalue weighted by Gasteiger charge is 2.24. The largest absolute Gasteiger partial charge is 0.379 e. The third kappa shape index (κ3) is 6.47. The molecule has 1 aromatic rings. The Morgan fingerprint density at radius 3 is 2.29 bits per heavy atom. The van der Waals surface area contributed by atoms with Crippen LogP contribution in [0.2, 0.25) is 0 Å². The molecule has 2 amide bonds. The maximum Gasteiger partial charge on any atom is 0.242 e. The molecule has 2 saturated heterocycles. The van der Waals surface area contributed by atoms with Gasteiger partial charge in [-0.05, 0) is 18.2 Å². The number of ether oxygens (including phenoxy) is 1. The highest BCUT2D eigenvalue weighted by Crippen LogP contribution is 2.18. The van der Waals surface area contributed by atoms with Crippen molar-refractivity contribution in [3.63, 3.8) is 0 Å². The van der Waals surface area contributed by atoms with Crippen molar-refractivity contribution in [2.75, 3.05) is 85.0 Å². The summed E-state index contributed by atoms with van der Waals surface area (Å²) in [6.45, 7) is 5.92. The molecule has 2 fully saturated rings. The van der Waals surface area contributed by atoms with Gasteiger partial charge >= 0.3 is 0 Å². The molecular formula is C20H31N5O5S. The minimum atomic E-state index is -3.56. The summed E-state index contributed by atoms with van der Waals surface area (Å²) in [5.41, 5.74) is 0.437. The molecule has 0 atom stereocenters. The van der Waals surface area contributed by atoms with Crippen molar-refractivity contribution in [3.05, 3.63) is 24.3 Å². The Hall–Kier alpha value is -2.05. The number of amides is 2. The van der Waals surface area contributed by atoms with Crippen LogP contribution < -0.4 is 5.32 Å². The van der Waals surface area contributed by atoms with Gasteiger partial charge in [-0.3, -0.25) is 19.4 Å². The van der Waals surface area contributed by atoms with Crippen LogP contribution in [0.25, 0.3) is 0 Å². The quantitative estimate of drug-likeness (QED) is 0.585. The average Bonchev–Trinajstić information content (AvgIpc) is 2.75. The van der Waals surface area contributed by atoms with Crippen molar-refractivity contribution >= 4 is 27.5 Å². The van der Waals surface area contributed by atoms with Crippen molar-refractivity contribution in [2.45, 2.75) is 4.90 Å². The molecule has 0 unspecified atom stereocenters.